The van der Waals surface area contributed by atoms with Gasteiger partial charge in [-0.15, -0.1) is 6.58 Å². The number of hydrogen-bond acceptors (Lipinski definition) is 1. The van der Waals surface area contributed by atoms with Crippen LogP contribution >= 0.6 is 0 Å². The maximum absolute atomic E-state index is 3.88. The Labute approximate surface area is 175 Å². The first-order chi connectivity index (χ1) is 14.1. The number of allylic oxidation sites excluding steroid dienone is 6. The molecule has 0 aliphatic heterocycles. The minimum absolute atomic E-state index is 0.980. The highest BCUT2D eigenvalue weighted by Crippen LogP contribution is 2.32. The predicted molar refractivity (Wildman–Crippen MR) is 131 cm³/mol. The Bertz CT molecular complexity index is 1020. The lowest BCUT2D eigenvalue weighted by atomic mass is 10.1. The van der Waals surface area contributed by atoms with Crippen molar-refractivity contribution in [1.82, 2.24) is 4.57 Å². The lowest BCUT2D eigenvalue weighted by Crippen LogP contribution is -2.00. The summed E-state index contributed by atoms with van der Waals surface area (Å²) in [4.78, 5) is 0. The number of aromatic nitrogens is 1. The number of nitrogens with zero attached hydrogens (tertiary/aromatic N) is 1. The first-order valence-corrected chi connectivity index (χ1v) is 10.1. The van der Waals surface area contributed by atoms with Gasteiger partial charge in [0.2, 0.25) is 0 Å². The van der Waals surface area contributed by atoms with E-state index in [1.807, 2.05) is 38.1 Å². The summed E-state index contributed by atoms with van der Waals surface area (Å²) in [6, 6.07) is 16.9. The smallest absolute Gasteiger partial charge is 0.0535 e. The number of para-hydroxylation sites is 1. The minimum atomic E-state index is 0.980. The molecule has 0 spiro atoms. The van der Waals surface area contributed by atoms with E-state index in [2.05, 4.69) is 85.4 Å². The van der Waals surface area contributed by atoms with E-state index < -0.39 is 0 Å². The number of nitrogens with one attached hydrogen (secondary N) is 1. The Balaban J connectivity index is 0.000000941. The molecule has 1 heterocycles. The maximum atomic E-state index is 3.88. The van der Waals surface area contributed by atoms with Crippen molar-refractivity contribution in [2.45, 2.75) is 34.1 Å². The van der Waals surface area contributed by atoms with Crippen LogP contribution in [0.3, 0.4) is 0 Å². The fourth-order valence-corrected chi connectivity index (χ4v) is 3.48. The summed E-state index contributed by atoms with van der Waals surface area (Å²) in [7, 11) is 0. The maximum Gasteiger partial charge on any atom is 0.0535 e. The zero-order chi connectivity index (χ0) is 21.2. The van der Waals surface area contributed by atoms with E-state index >= 15 is 0 Å². The fourth-order valence-electron chi connectivity index (χ4n) is 3.48. The second kappa shape index (κ2) is 10.9. The van der Waals surface area contributed by atoms with Crippen molar-refractivity contribution < 1.29 is 0 Å². The molecular formula is C27H32N2. The summed E-state index contributed by atoms with van der Waals surface area (Å²) >= 11 is 0. The fraction of sp³-hybridized carbons (Fsp3) is 0.185. The van der Waals surface area contributed by atoms with Crippen LogP contribution in [0.25, 0.3) is 16.6 Å². The molecule has 1 aromatic heterocycles. The predicted octanol–water partition coefficient (Wildman–Crippen LogP) is 8.05. The molecule has 2 nitrogen and oxygen atoms in total. The highest BCUT2D eigenvalue weighted by molar-refractivity contribution is 5.92. The molecule has 0 amide bonds. The largest absolute Gasteiger partial charge is 0.356 e. The number of fused-ring (bicyclic) bond motifs is 1. The van der Waals surface area contributed by atoms with E-state index in [0.29, 0.717) is 0 Å². The summed E-state index contributed by atoms with van der Waals surface area (Å²) in [5.74, 6) is 0. The number of anilines is 2. The van der Waals surface area contributed by atoms with Crippen molar-refractivity contribution >= 4 is 28.0 Å². The lowest BCUT2D eigenvalue weighted by molar-refractivity contribution is 0.967. The van der Waals surface area contributed by atoms with Crippen molar-refractivity contribution in [3.8, 4) is 0 Å². The monoisotopic (exact) mass is 384 g/mol. The molecule has 0 aliphatic rings. The van der Waals surface area contributed by atoms with Gasteiger partial charge in [0.05, 0.1) is 5.52 Å². The van der Waals surface area contributed by atoms with Crippen LogP contribution in [0, 0.1) is 6.92 Å². The molecule has 0 unspecified atom stereocenters. The molecule has 0 saturated heterocycles. The number of rotatable bonds is 6. The van der Waals surface area contributed by atoms with E-state index in [0.717, 1.165) is 23.5 Å². The van der Waals surface area contributed by atoms with Crippen molar-refractivity contribution in [3.63, 3.8) is 0 Å². The van der Waals surface area contributed by atoms with Gasteiger partial charge in [0, 0.05) is 28.2 Å². The van der Waals surface area contributed by atoms with Crippen LogP contribution < -0.4 is 5.32 Å². The van der Waals surface area contributed by atoms with Gasteiger partial charge in [0.1, 0.15) is 0 Å². The first-order valence-electron chi connectivity index (χ1n) is 10.1. The molecule has 0 atom stereocenters. The summed E-state index contributed by atoms with van der Waals surface area (Å²) < 4.78 is 2.35. The molecule has 1 N–H and O–H groups in total. The molecule has 0 radical (unpaired) electrons. The molecule has 3 aromatic rings. The highest BCUT2D eigenvalue weighted by atomic mass is 15.0. The van der Waals surface area contributed by atoms with Crippen LogP contribution in [-0.4, -0.2) is 4.57 Å². The average Bonchev–Trinajstić information content (AvgIpc) is 3.00. The molecule has 0 bridgehead atoms. The van der Waals surface area contributed by atoms with E-state index in [1.165, 1.54) is 22.2 Å². The van der Waals surface area contributed by atoms with E-state index in [9.17, 15) is 0 Å². The third-order valence-electron chi connectivity index (χ3n) is 4.63. The van der Waals surface area contributed by atoms with Gasteiger partial charge >= 0.3 is 0 Å². The van der Waals surface area contributed by atoms with Gasteiger partial charge in [-0.25, -0.2) is 0 Å². The molecule has 2 heteroatoms. The zero-order valence-corrected chi connectivity index (χ0v) is 18.1. The van der Waals surface area contributed by atoms with Gasteiger partial charge in [-0.3, -0.25) is 0 Å². The van der Waals surface area contributed by atoms with Crippen LogP contribution in [-0.2, 0) is 6.42 Å². The van der Waals surface area contributed by atoms with Crippen LogP contribution in [0.15, 0.2) is 92.1 Å². The van der Waals surface area contributed by atoms with Crippen molar-refractivity contribution in [2.75, 3.05) is 5.32 Å². The molecule has 150 valence electrons. The van der Waals surface area contributed by atoms with Gasteiger partial charge in [-0.1, -0.05) is 49.9 Å². The van der Waals surface area contributed by atoms with Crippen LogP contribution in [0.5, 0.6) is 0 Å². The van der Waals surface area contributed by atoms with Gasteiger partial charge < -0.3 is 9.88 Å². The standard InChI is InChI=1S/C24H26N2.C3H6/c1-5-11-21(12-6-2)26-23(7-3)18(4)22-17-20(15-16-24(22)26)25-19-13-9-8-10-14-19;1-3-2/h5-6,8-17,25H,1,7H2,2-4H3;3H,1H2,2H3/b12-6-,21-11+;. The Morgan fingerprint density at radius 1 is 1.03 bits per heavy atom. The quantitative estimate of drug-likeness (QED) is 0.336. The van der Waals surface area contributed by atoms with Gasteiger partial charge in [-0.2, -0.15) is 0 Å². The first kappa shape index (κ1) is 22.0. The summed E-state index contributed by atoms with van der Waals surface area (Å²) in [5.41, 5.74) is 7.24. The van der Waals surface area contributed by atoms with E-state index in [4.69, 9.17) is 0 Å². The third kappa shape index (κ3) is 5.17. The van der Waals surface area contributed by atoms with E-state index in [1.54, 1.807) is 6.08 Å². The second-order valence-electron chi connectivity index (χ2n) is 6.72. The lowest BCUT2D eigenvalue weighted by Gasteiger charge is -2.12. The second-order valence-corrected chi connectivity index (χ2v) is 6.72. The van der Waals surface area contributed by atoms with Crippen molar-refractivity contribution in [2.24, 2.45) is 0 Å². The zero-order valence-electron chi connectivity index (χ0n) is 18.1. The van der Waals surface area contributed by atoms with Gasteiger partial charge in [0.15, 0.2) is 0 Å². The molecule has 29 heavy (non-hydrogen) atoms. The molecule has 0 aliphatic carbocycles. The number of hydrogen-bond donors (Lipinski definition) is 1. The van der Waals surface area contributed by atoms with Gasteiger partial charge in [0.25, 0.3) is 0 Å². The molecular weight excluding hydrogens is 352 g/mol. The SMILES string of the molecule is C=C/C=C(\C=C/C)n1c(CC)c(C)c2cc(Nc3ccccc3)ccc21.C=CC. The van der Waals surface area contributed by atoms with Crippen molar-refractivity contribution in [3.05, 3.63) is 103 Å². The summed E-state index contributed by atoms with van der Waals surface area (Å²) in [6.45, 7) is 15.6. The minimum Gasteiger partial charge on any atom is -0.356 e. The summed E-state index contributed by atoms with van der Waals surface area (Å²) in [6.07, 6.45) is 10.8. The summed E-state index contributed by atoms with van der Waals surface area (Å²) in [5, 5.41) is 4.78. The van der Waals surface area contributed by atoms with Gasteiger partial charge in [-0.05, 0) is 75.2 Å². The normalized spacial score (nSPS) is 11.2. The number of benzene rings is 2. The Morgan fingerprint density at radius 2 is 1.72 bits per heavy atom. The molecule has 0 saturated carbocycles. The Kier molecular flexibility index (Phi) is 8.29. The number of aryl methyl sites for hydroxylation is 1. The van der Waals surface area contributed by atoms with Crippen LogP contribution in [0.4, 0.5) is 11.4 Å². The average molecular weight is 385 g/mol. The topological polar surface area (TPSA) is 17.0 Å². The van der Waals surface area contributed by atoms with E-state index in [-0.39, 0.29) is 0 Å². The molecule has 3 rings (SSSR count). The Hall–Kier alpha value is -3.26. The van der Waals surface area contributed by atoms with Crippen LogP contribution in [0.2, 0.25) is 0 Å². The molecule has 2 aromatic carbocycles. The van der Waals surface area contributed by atoms with Crippen LogP contribution in [0.1, 0.15) is 32.0 Å². The highest BCUT2D eigenvalue weighted by Gasteiger charge is 2.15. The van der Waals surface area contributed by atoms with Crippen molar-refractivity contribution in [1.29, 1.82) is 0 Å². The Morgan fingerprint density at radius 3 is 2.31 bits per heavy atom. The third-order valence-corrected chi connectivity index (χ3v) is 4.63. The molecule has 0 fully saturated rings.